The zero-order valence-electron chi connectivity index (χ0n) is 18.8. The maximum atomic E-state index is 12.4. The van der Waals surface area contributed by atoms with Crippen molar-refractivity contribution < 1.29 is 14.3 Å². The van der Waals surface area contributed by atoms with Gasteiger partial charge in [0.15, 0.2) is 5.82 Å². The van der Waals surface area contributed by atoms with E-state index < -0.39 is 0 Å². The van der Waals surface area contributed by atoms with Gasteiger partial charge in [0.25, 0.3) is 0 Å². The Bertz CT molecular complexity index is 800. The Morgan fingerprint density at radius 3 is 2.77 bits per heavy atom. The van der Waals surface area contributed by atoms with E-state index in [9.17, 15) is 9.59 Å². The van der Waals surface area contributed by atoms with Gasteiger partial charge in [-0.05, 0) is 51.9 Å². The molecule has 2 heterocycles. The molecule has 0 radical (unpaired) electrons. The Hall–Kier alpha value is -2.46. The predicted molar refractivity (Wildman–Crippen MR) is 121 cm³/mol. The van der Waals surface area contributed by atoms with E-state index in [0.29, 0.717) is 24.7 Å². The minimum Gasteiger partial charge on any atom is -0.468 e. The molecular formula is C21H36N6O4. The van der Waals surface area contributed by atoms with E-state index in [1.807, 2.05) is 0 Å². The number of likely N-dealkylation sites (tertiary alicyclic amines) is 1. The van der Waals surface area contributed by atoms with Gasteiger partial charge in [-0.3, -0.25) is 14.3 Å². The van der Waals surface area contributed by atoms with Crippen LogP contribution in [0.25, 0.3) is 0 Å². The normalized spacial score (nSPS) is 17.6. The summed E-state index contributed by atoms with van der Waals surface area (Å²) in [5.41, 5.74) is 6.09. The smallest absolute Gasteiger partial charge is 0.327 e. The van der Waals surface area contributed by atoms with Gasteiger partial charge in [0, 0.05) is 13.2 Å². The van der Waals surface area contributed by atoms with E-state index in [1.54, 1.807) is 0 Å². The molecule has 0 spiro atoms. The monoisotopic (exact) mass is 436 g/mol. The Morgan fingerprint density at radius 1 is 1.29 bits per heavy atom. The first-order valence-electron chi connectivity index (χ1n) is 11.0. The molecule has 2 rings (SSSR count). The summed E-state index contributed by atoms with van der Waals surface area (Å²) in [6, 6.07) is -0.165. The number of esters is 1. The summed E-state index contributed by atoms with van der Waals surface area (Å²) in [7, 11) is 1.43. The number of piperidine rings is 1. The van der Waals surface area contributed by atoms with Crippen LogP contribution >= 0.6 is 0 Å². The number of carbonyl (C=O) groups excluding carboxylic acids is 1. The summed E-state index contributed by atoms with van der Waals surface area (Å²) in [6.45, 7) is 8.55. The molecule has 0 saturated carbocycles. The van der Waals surface area contributed by atoms with Crippen LogP contribution in [-0.2, 0) is 20.8 Å². The second-order valence-electron chi connectivity index (χ2n) is 7.65. The summed E-state index contributed by atoms with van der Waals surface area (Å²) in [5.74, 6) is 0.381. The number of imidazole rings is 1. The third-order valence-electron chi connectivity index (χ3n) is 5.49. The van der Waals surface area contributed by atoms with Crippen LogP contribution in [0.15, 0.2) is 14.8 Å². The molecule has 0 amide bonds. The number of H-pyrrole nitrogens is 1. The second kappa shape index (κ2) is 13.1. The third kappa shape index (κ3) is 7.03. The Morgan fingerprint density at radius 2 is 2.06 bits per heavy atom. The van der Waals surface area contributed by atoms with Crippen LogP contribution in [0.4, 0.5) is 5.82 Å². The minimum absolute atomic E-state index is 0.132. The first-order valence-corrected chi connectivity index (χ1v) is 11.0. The fourth-order valence-electron chi connectivity index (χ4n) is 3.76. The van der Waals surface area contributed by atoms with Crippen LogP contribution < -0.4 is 11.4 Å². The molecule has 10 nitrogen and oxygen atoms in total. The molecule has 174 valence electrons. The summed E-state index contributed by atoms with van der Waals surface area (Å²) >= 11 is 0. The van der Waals surface area contributed by atoms with Crippen LogP contribution in [0.3, 0.4) is 0 Å². The number of hydrogen-bond donors (Lipinski definition) is 2. The fourth-order valence-corrected chi connectivity index (χ4v) is 3.76. The molecule has 1 aromatic rings. The number of aliphatic imine (C=N–C) groups is 2. The summed E-state index contributed by atoms with van der Waals surface area (Å²) in [6.07, 6.45) is 6.55. The molecule has 10 heteroatoms. The molecule has 31 heavy (non-hydrogen) atoms. The van der Waals surface area contributed by atoms with Gasteiger partial charge < -0.3 is 20.2 Å². The lowest BCUT2D eigenvalue weighted by Gasteiger charge is -2.33. The molecule has 1 aliphatic rings. The molecule has 1 aliphatic heterocycles. The number of nitrogens with zero attached hydrogens (tertiary/aromatic N) is 4. The van der Waals surface area contributed by atoms with Crippen molar-refractivity contribution in [3.63, 3.8) is 0 Å². The number of hydrogen-bond acceptors (Lipinski definition) is 7. The highest BCUT2D eigenvalue weighted by Crippen LogP contribution is 2.19. The van der Waals surface area contributed by atoms with Crippen molar-refractivity contribution in [2.24, 2.45) is 15.7 Å². The number of ether oxygens (including phenoxy) is 2. The molecular weight excluding hydrogens is 400 g/mol. The molecule has 1 aromatic heterocycles. The standard InChI is InChI=1S/C21H36N6O4/c1-4-5-14-31-15-24-18(22)17-19(23-2)27(21(29)25-17)13-9-8-12-26-11-7-6-10-16(26)20(28)30-3/h16H,2,4-15H2,1,3H3,(H2,22,24)(H,25,29). The lowest BCUT2D eigenvalue weighted by atomic mass is 10.0. The van der Waals surface area contributed by atoms with Gasteiger partial charge >= 0.3 is 11.7 Å². The van der Waals surface area contributed by atoms with Crippen molar-refractivity contribution in [2.45, 2.75) is 64.5 Å². The fraction of sp³-hybridized carbons (Fsp3) is 0.714. The lowest BCUT2D eigenvalue weighted by molar-refractivity contribution is -0.148. The number of unbranched alkanes of at least 4 members (excludes halogenated alkanes) is 2. The minimum atomic E-state index is -0.298. The molecule has 3 N–H and O–H groups in total. The van der Waals surface area contributed by atoms with Gasteiger partial charge in [-0.15, -0.1) is 0 Å². The average Bonchev–Trinajstić information content (AvgIpc) is 3.11. The summed E-state index contributed by atoms with van der Waals surface area (Å²) in [5, 5.41) is 0. The summed E-state index contributed by atoms with van der Waals surface area (Å²) in [4.78, 5) is 37.5. The van der Waals surface area contributed by atoms with Crippen LogP contribution in [0.1, 0.15) is 57.6 Å². The molecule has 1 fully saturated rings. The number of methoxy groups -OCH3 is 1. The van der Waals surface area contributed by atoms with E-state index in [0.717, 1.165) is 58.0 Å². The van der Waals surface area contributed by atoms with Gasteiger partial charge in [-0.2, -0.15) is 0 Å². The van der Waals surface area contributed by atoms with Crippen LogP contribution in [0.2, 0.25) is 0 Å². The zero-order chi connectivity index (χ0) is 22.6. The van der Waals surface area contributed by atoms with Crippen LogP contribution in [0.5, 0.6) is 0 Å². The Balaban J connectivity index is 1.93. The highest BCUT2D eigenvalue weighted by Gasteiger charge is 2.28. The quantitative estimate of drug-likeness (QED) is 0.210. The number of nitrogens with one attached hydrogen (secondary N) is 1. The highest BCUT2D eigenvalue weighted by atomic mass is 16.5. The number of amidine groups is 1. The van der Waals surface area contributed by atoms with Crippen molar-refractivity contribution in [3.8, 4) is 0 Å². The maximum absolute atomic E-state index is 12.4. The van der Waals surface area contributed by atoms with Crippen molar-refractivity contribution in [1.82, 2.24) is 14.5 Å². The summed E-state index contributed by atoms with van der Waals surface area (Å²) < 4.78 is 11.9. The van der Waals surface area contributed by atoms with Crippen molar-refractivity contribution in [3.05, 3.63) is 16.2 Å². The SMILES string of the molecule is C=Nc1c(/C(N)=N\COCCCC)[nH]c(=O)n1CCCCN1CCCCC1C(=O)OC. The highest BCUT2D eigenvalue weighted by molar-refractivity contribution is 5.99. The number of rotatable bonds is 13. The van der Waals surface area contributed by atoms with Crippen molar-refractivity contribution >= 4 is 24.3 Å². The topological polar surface area (TPSA) is 127 Å². The van der Waals surface area contributed by atoms with Gasteiger partial charge in [-0.25, -0.2) is 14.8 Å². The third-order valence-corrected chi connectivity index (χ3v) is 5.49. The maximum Gasteiger partial charge on any atom is 0.327 e. The van der Waals surface area contributed by atoms with Gasteiger partial charge in [-0.1, -0.05) is 19.8 Å². The zero-order valence-corrected chi connectivity index (χ0v) is 18.8. The molecule has 0 bridgehead atoms. The molecule has 1 saturated heterocycles. The molecule has 1 unspecified atom stereocenters. The van der Waals surface area contributed by atoms with Crippen molar-refractivity contribution in [2.75, 3.05) is 33.5 Å². The first kappa shape index (κ1) is 24.8. The molecule has 0 aromatic carbocycles. The lowest BCUT2D eigenvalue weighted by Crippen LogP contribution is -2.45. The van der Waals surface area contributed by atoms with E-state index in [1.165, 1.54) is 11.7 Å². The predicted octanol–water partition coefficient (Wildman–Crippen LogP) is 1.80. The number of aromatic nitrogens is 2. The van der Waals surface area contributed by atoms with E-state index in [2.05, 4.69) is 33.5 Å². The number of nitrogens with two attached hydrogens (primary N) is 1. The van der Waals surface area contributed by atoms with E-state index in [-0.39, 0.29) is 30.3 Å². The van der Waals surface area contributed by atoms with Crippen LogP contribution in [0, 0.1) is 0 Å². The van der Waals surface area contributed by atoms with E-state index >= 15 is 0 Å². The largest absolute Gasteiger partial charge is 0.468 e. The second-order valence-corrected chi connectivity index (χ2v) is 7.65. The number of carbonyl (C=O) groups is 1. The van der Waals surface area contributed by atoms with E-state index in [4.69, 9.17) is 15.2 Å². The Kier molecular flexibility index (Phi) is 10.5. The van der Waals surface area contributed by atoms with Gasteiger partial charge in [0.1, 0.15) is 24.3 Å². The van der Waals surface area contributed by atoms with Gasteiger partial charge in [0.2, 0.25) is 0 Å². The van der Waals surface area contributed by atoms with Crippen LogP contribution in [-0.4, -0.2) is 72.6 Å². The number of aromatic amines is 1. The van der Waals surface area contributed by atoms with Gasteiger partial charge in [0.05, 0.1) is 7.11 Å². The van der Waals surface area contributed by atoms with Crippen molar-refractivity contribution in [1.29, 1.82) is 0 Å². The first-order chi connectivity index (χ1) is 15.0. The molecule has 0 aliphatic carbocycles. The molecule has 1 atom stereocenters. The Labute approximate surface area is 183 Å². The average molecular weight is 437 g/mol.